The lowest BCUT2D eigenvalue weighted by molar-refractivity contribution is 0.413. The molecule has 1 atom stereocenters. The minimum absolute atomic E-state index is 0.441. The molecule has 1 aromatic carbocycles. The van der Waals surface area contributed by atoms with Gasteiger partial charge in [-0.3, -0.25) is 4.68 Å². The number of methoxy groups -OCH3 is 1. The Morgan fingerprint density at radius 3 is 3.10 bits per heavy atom. The van der Waals surface area contributed by atoms with Crippen LogP contribution >= 0.6 is 0 Å². The van der Waals surface area contributed by atoms with E-state index in [9.17, 15) is 0 Å². The third-order valence-corrected chi connectivity index (χ3v) is 3.92. The van der Waals surface area contributed by atoms with Crippen molar-refractivity contribution in [1.29, 1.82) is 0 Å². The number of rotatable bonds is 5. The van der Waals surface area contributed by atoms with Gasteiger partial charge < -0.3 is 10.1 Å². The number of aryl methyl sites for hydroxylation is 2. The maximum absolute atomic E-state index is 5.32. The Kier molecular flexibility index (Phi) is 3.74. The Bertz CT molecular complexity index is 591. The molecule has 1 aromatic heterocycles. The van der Waals surface area contributed by atoms with E-state index < -0.39 is 0 Å². The van der Waals surface area contributed by atoms with Crippen molar-refractivity contribution in [3.63, 3.8) is 0 Å². The number of aromatic nitrogens is 2. The fourth-order valence-electron chi connectivity index (χ4n) is 2.86. The summed E-state index contributed by atoms with van der Waals surface area (Å²) in [4.78, 5) is 0. The average Bonchev–Trinajstić information content (AvgIpc) is 3.05. The number of ether oxygens (including phenoxy) is 1. The van der Waals surface area contributed by atoms with Crippen LogP contribution in [0.4, 0.5) is 0 Å². The molecule has 1 N–H and O–H groups in total. The molecule has 1 unspecified atom stereocenters. The molecule has 1 heterocycles. The van der Waals surface area contributed by atoms with Gasteiger partial charge in [-0.15, -0.1) is 0 Å². The second kappa shape index (κ2) is 5.67. The van der Waals surface area contributed by atoms with Crippen molar-refractivity contribution in [2.45, 2.75) is 32.4 Å². The molecule has 106 valence electrons. The largest absolute Gasteiger partial charge is 0.497 e. The first-order valence-corrected chi connectivity index (χ1v) is 7.15. The molecule has 3 rings (SSSR count). The van der Waals surface area contributed by atoms with Gasteiger partial charge in [-0.2, -0.15) is 5.10 Å². The molecular weight excluding hydrogens is 250 g/mol. The monoisotopic (exact) mass is 271 g/mol. The van der Waals surface area contributed by atoms with Crippen LogP contribution in [0.3, 0.4) is 0 Å². The van der Waals surface area contributed by atoms with Crippen molar-refractivity contribution in [1.82, 2.24) is 15.1 Å². The van der Waals surface area contributed by atoms with Crippen molar-refractivity contribution in [2.24, 2.45) is 0 Å². The summed E-state index contributed by atoms with van der Waals surface area (Å²) in [6.45, 7) is 3.91. The summed E-state index contributed by atoms with van der Waals surface area (Å²) in [5.74, 6) is 0.945. The Labute approximate surface area is 119 Å². The van der Waals surface area contributed by atoms with Crippen LogP contribution in [0.15, 0.2) is 30.6 Å². The molecule has 4 heteroatoms. The summed E-state index contributed by atoms with van der Waals surface area (Å²) in [6.07, 6.45) is 6.29. The summed E-state index contributed by atoms with van der Waals surface area (Å²) < 4.78 is 7.31. The van der Waals surface area contributed by atoms with Crippen LogP contribution in [0.2, 0.25) is 0 Å². The molecule has 0 fully saturated rings. The number of fused-ring (bicyclic) bond motifs is 1. The molecule has 0 bridgehead atoms. The fraction of sp³-hybridized carbons (Fsp3) is 0.438. The zero-order valence-corrected chi connectivity index (χ0v) is 12.1. The molecule has 20 heavy (non-hydrogen) atoms. The Hall–Kier alpha value is -1.81. The van der Waals surface area contributed by atoms with Crippen molar-refractivity contribution >= 4 is 0 Å². The first-order valence-electron chi connectivity index (χ1n) is 7.15. The minimum Gasteiger partial charge on any atom is -0.497 e. The van der Waals surface area contributed by atoms with E-state index >= 15 is 0 Å². The SMILES string of the molecule is COc1ccc2c(c1)C(NCCn1cc(C)cn1)CC2. The van der Waals surface area contributed by atoms with Crippen molar-refractivity contribution in [3.8, 4) is 5.75 Å². The normalized spacial score (nSPS) is 17.2. The van der Waals surface area contributed by atoms with Gasteiger partial charge >= 0.3 is 0 Å². The van der Waals surface area contributed by atoms with Gasteiger partial charge in [0.25, 0.3) is 0 Å². The number of benzene rings is 1. The van der Waals surface area contributed by atoms with Crippen molar-refractivity contribution in [2.75, 3.05) is 13.7 Å². The Morgan fingerprint density at radius 1 is 1.45 bits per heavy atom. The zero-order valence-electron chi connectivity index (χ0n) is 12.1. The summed E-state index contributed by atoms with van der Waals surface area (Å²) in [5.41, 5.74) is 4.04. The predicted molar refractivity (Wildman–Crippen MR) is 79.0 cm³/mol. The van der Waals surface area contributed by atoms with Gasteiger partial charge in [0.2, 0.25) is 0 Å². The lowest BCUT2D eigenvalue weighted by Crippen LogP contribution is -2.24. The van der Waals surface area contributed by atoms with Crippen LogP contribution in [0.25, 0.3) is 0 Å². The summed E-state index contributed by atoms with van der Waals surface area (Å²) >= 11 is 0. The zero-order chi connectivity index (χ0) is 13.9. The fourth-order valence-corrected chi connectivity index (χ4v) is 2.86. The molecule has 4 nitrogen and oxygen atoms in total. The first kappa shape index (κ1) is 13.2. The maximum atomic E-state index is 5.32. The Morgan fingerprint density at radius 2 is 2.35 bits per heavy atom. The topological polar surface area (TPSA) is 39.1 Å². The van der Waals surface area contributed by atoms with E-state index in [1.807, 2.05) is 16.9 Å². The van der Waals surface area contributed by atoms with E-state index in [1.165, 1.54) is 23.1 Å². The molecule has 0 radical (unpaired) electrons. The minimum atomic E-state index is 0.441. The third kappa shape index (κ3) is 2.70. The lowest BCUT2D eigenvalue weighted by atomic mass is 10.1. The first-order chi connectivity index (χ1) is 9.76. The smallest absolute Gasteiger partial charge is 0.119 e. The molecule has 0 spiro atoms. The van der Waals surface area contributed by atoms with Crippen LogP contribution in [0, 0.1) is 6.92 Å². The van der Waals surface area contributed by atoms with Crippen LogP contribution in [0.1, 0.15) is 29.2 Å². The molecule has 0 aliphatic heterocycles. The highest BCUT2D eigenvalue weighted by Gasteiger charge is 2.22. The average molecular weight is 271 g/mol. The van der Waals surface area contributed by atoms with Crippen LogP contribution in [0.5, 0.6) is 5.75 Å². The highest BCUT2D eigenvalue weighted by Crippen LogP contribution is 2.33. The summed E-state index contributed by atoms with van der Waals surface area (Å²) in [6, 6.07) is 6.84. The van der Waals surface area contributed by atoms with Crippen molar-refractivity contribution < 1.29 is 4.74 Å². The van der Waals surface area contributed by atoms with Crippen LogP contribution in [-0.2, 0) is 13.0 Å². The lowest BCUT2D eigenvalue weighted by Gasteiger charge is -2.14. The quantitative estimate of drug-likeness (QED) is 0.908. The van der Waals surface area contributed by atoms with E-state index in [2.05, 4.69) is 35.7 Å². The van der Waals surface area contributed by atoms with Gasteiger partial charge in [0.15, 0.2) is 0 Å². The van der Waals surface area contributed by atoms with Crippen molar-refractivity contribution in [3.05, 3.63) is 47.3 Å². The van der Waals surface area contributed by atoms with Crippen LogP contribution < -0.4 is 10.1 Å². The highest BCUT2D eigenvalue weighted by atomic mass is 16.5. The van der Waals surface area contributed by atoms with E-state index in [1.54, 1.807) is 7.11 Å². The number of hydrogen-bond acceptors (Lipinski definition) is 3. The van der Waals surface area contributed by atoms with Gasteiger partial charge in [0, 0.05) is 18.8 Å². The standard InChI is InChI=1S/C16H21N3O/c1-12-10-18-19(11-12)8-7-17-16-6-4-13-3-5-14(20-2)9-15(13)16/h3,5,9-11,16-17H,4,6-8H2,1-2H3. The van der Waals surface area contributed by atoms with Gasteiger partial charge in [0.1, 0.15) is 5.75 Å². The molecule has 1 aliphatic rings. The number of hydrogen-bond donors (Lipinski definition) is 1. The van der Waals surface area contributed by atoms with Crippen LogP contribution in [-0.4, -0.2) is 23.4 Å². The molecule has 0 saturated carbocycles. The second-order valence-corrected chi connectivity index (χ2v) is 5.39. The maximum Gasteiger partial charge on any atom is 0.119 e. The molecule has 0 saturated heterocycles. The summed E-state index contributed by atoms with van der Waals surface area (Å²) in [7, 11) is 1.72. The van der Waals surface area contributed by atoms with Gasteiger partial charge in [-0.25, -0.2) is 0 Å². The highest BCUT2D eigenvalue weighted by molar-refractivity contribution is 5.40. The number of nitrogens with zero attached hydrogens (tertiary/aromatic N) is 2. The Balaban J connectivity index is 1.60. The van der Waals surface area contributed by atoms with E-state index in [-0.39, 0.29) is 0 Å². The van der Waals surface area contributed by atoms with E-state index in [0.29, 0.717) is 6.04 Å². The number of nitrogens with one attached hydrogen (secondary N) is 1. The van der Waals surface area contributed by atoms with Gasteiger partial charge in [-0.1, -0.05) is 6.07 Å². The van der Waals surface area contributed by atoms with E-state index in [0.717, 1.165) is 25.3 Å². The van der Waals surface area contributed by atoms with E-state index in [4.69, 9.17) is 4.74 Å². The predicted octanol–water partition coefficient (Wildman–Crippen LogP) is 2.48. The molecule has 0 amide bonds. The van der Waals surface area contributed by atoms with Gasteiger partial charge in [-0.05, 0) is 48.6 Å². The second-order valence-electron chi connectivity index (χ2n) is 5.39. The molecular formula is C16H21N3O. The molecule has 2 aromatic rings. The molecule has 1 aliphatic carbocycles. The summed E-state index contributed by atoms with van der Waals surface area (Å²) in [5, 5.41) is 7.94. The van der Waals surface area contributed by atoms with Gasteiger partial charge in [0.05, 0.1) is 19.9 Å². The third-order valence-electron chi connectivity index (χ3n) is 3.92.